The Kier molecular flexibility index (Phi) is 11.6. The fourth-order valence-electron chi connectivity index (χ4n) is 2.62. The van der Waals surface area contributed by atoms with Crippen LogP contribution in [0.25, 0.3) is 0 Å². The average molecular weight is 458 g/mol. The Balaban J connectivity index is 2.79. The van der Waals surface area contributed by atoms with Crippen LogP contribution in [0.15, 0.2) is 12.5 Å². The molecule has 0 aliphatic carbocycles. The lowest BCUT2D eigenvalue weighted by molar-refractivity contribution is -0.142. The summed E-state index contributed by atoms with van der Waals surface area (Å²) in [5.41, 5.74) is 11.6. The van der Waals surface area contributed by atoms with Gasteiger partial charge in [0.1, 0.15) is 18.1 Å². The van der Waals surface area contributed by atoms with Gasteiger partial charge in [-0.3, -0.25) is 14.4 Å². The molecule has 31 heavy (non-hydrogen) atoms. The minimum Gasteiger partial charge on any atom is -0.480 e. The summed E-state index contributed by atoms with van der Waals surface area (Å²) in [5.74, 6) is -3.14. The van der Waals surface area contributed by atoms with Crippen LogP contribution in [0.4, 0.5) is 0 Å². The van der Waals surface area contributed by atoms with Crippen LogP contribution in [0.5, 0.6) is 0 Å². The molecule has 3 amide bonds. The van der Waals surface area contributed by atoms with E-state index in [0.29, 0.717) is 31.5 Å². The third-order valence-corrected chi connectivity index (χ3v) is 4.77. The first-order valence-electron chi connectivity index (χ1n) is 9.87. The van der Waals surface area contributed by atoms with E-state index in [1.165, 1.54) is 19.4 Å². The SMILES string of the molecule is CC(N)C(=O)NC(CCCCN)C(=O)NC(CS)C(=O)NC(Cc1cnc[nH]1)C(=O)O. The Morgan fingerprint density at radius 3 is 2.23 bits per heavy atom. The zero-order valence-corrected chi connectivity index (χ0v) is 18.2. The second kappa shape index (κ2) is 13.6. The van der Waals surface area contributed by atoms with Gasteiger partial charge in [0.15, 0.2) is 0 Å². The molecule has 0 aliphatic rings. The second-order valence-corrected chi connectivity index (χ2v) is 7.42. The van der Waals surface area contributed by atoms with Crippen LogP contribution in [0.3, 0.4) is 0 Å². The van der Waals surface area contributed by atoms with E-state index >= 15 is 0 Å². The summed E-state index contributed by atoms with van der Waals surface area (Å²) < 4.78 is 0. The van der Waals surface area contributed by atoms with Crippen molar-refractivity contribution in [1.29, 1.82) is 0 Å². The van der Waals surface area contributed by atoms with Crippen molar-refractivity contribution in [3.8, 4) is 0 Å². The molecule has 13 heteroatoms. The molecule has 0 saturated carbocycles. The Labute approximate surface area is 185 Å². The van der Waals surface area contributed by atoms with Crippen LogP contribution >= 0.6 is 12.6 Å². The van der Waals surface area contributed by atoms with E-state index in [1.54, 1.807) is 0 Å². The number of aromatic nitrogens is 2. The van der Waals surface area contributed by atoms with Gasteiger partial charge < -0.3 is 37.5 Å². The number of carbonyl (C=O) groups excluding carboxylic acids is 3. The van der Waals surface area contributed by atoms with Crippen molar-refractivity contribution >= 4 is 36.3 Å². The zero-order valence-electron chi connectivity index (χ0n) is 17.3. The quantitative estimate of drug-likeness (QED) is 0.114. The minimum absolute atomic E-state index is 0.0134. The molecule has 1 heterocycles. The van der Waals surface area contributed by atoms with Crippen molar-refractivity contribution in [3.63, 3.8) is 0 Å². The Morgan fingerprint density at radius 2 is 1.71 bits per heavy atom. The van der Waals surface area contributed by atoms with Gasteiger partial charge in [-0.05, 0) is 32.7 Å². The fraction of sp³-hybridized carbons (Fsp3) is 0.611. The number of carboxylic acid groups (broad SMARTS) is 1. The molecule has 0 aliphatic heterocycles. The number of aromatic amines is 1. The third-order valence-electron chi connectivity index (χ3n) is 4.40. The van der Waals surface area contributed by atoms with Crippen LogP contribution in [-0.4, -0.2) is 75.2 Å². The van der Waals surface area contributed by atoms with Gasteiger partial charge in [-0.15, -0.1) is 0 Å². The van der Waals surface area contributed by atoms with Gasteiger partial charge in [0.25, 0.3) is 0 Å². The normalized spacial score (nSPS) is 14.7. The highest BCUT2D eigenvalue weighted by Crippen LogP contribution is 2.04. The standard InChI is InChI=1S/C18H31N7O5S/c1-10(20)15(26)23-12(4-2-3-5-19)16(27)25-14(8-31)17(28)24-13(18(29)30)6-11-7-21-9-22-11/h7,9-10,12-14,31H,2-6,8,19-20H2,1H3,(H,21,22)(H,23,26)(H,24,28)(H,25,27)(H,29,30). The molecule has 1 aromatic rings. The van der Waals surface area contributed by atoms with Gasteiger partial charge >= 0.3 is 5.97 Å². The van der Waals surface area contributed by atoms with Crippen molar-refractivity contribution < 1.29 is 24.3 Å². The first kappa shape index (κ1) is 26.4. The predicted octanol–water partition coefficient (Wildman–Crippen LogP) is -2.10. The van der Waals surface area contributed by atoms with Crippen molar-refractivity contribution in [1.82, 2.24) is 25.9 Å². The summed E-state index contributed by atoms with van der Waals surface area (Å²) in [6, 6.07) is -4.07. The number of aliphatic carboxylic acids is 1. The molecule has 0 radical (unpaired) electrons. The number of carbonyl (C=O) groups is 4. The summed E-state index contributed by atoms with van der Waals surface area (Å²) in [7, 11) is 0. The van der Waals surface area contributed by atoms with Gasteiger partial charge in [0.2, 0.25) is 17.7 Å². The maximum Gasteiger partial charge on any atom is 0.326 e. The highest BCUT2D eigenvalue weighted by Gasteiger charge is 2.29. The molecule has 0 aromatic carbocycles. The summed E-state index contributed by atoms with van der Waals surface area (Å²) >= 11 is 4.09. The number of hydrogen-bond donors (Lipinski definition) is 8. The minimum atomic E-state index is -1.24. The molecule has 0 saturated heterocycles. The molecule has 9 N–H and O–H groups in total. The molecule has 12 nitrogen and oxygen atoms in total. The molecule has 1 rings (SSSR count). The molecule has 174 valence electrons. The number of nitrogens with one attached hydrogen (secondary N) is 4. The summed E-state index contributed by atoms with van der Waals surface area (Å²) in [6.07, 6.45) is 4.38. The Bertz CT molecular complexity index is 729. The molecular formula is C18H31N7O5S. The average Bonchev–Trinajstić information content (AvgIpc) is 3.23. The number of thiol groups is 1. The molecule has 4 unspecified atom stereocenters. The summed E-state index contributed by atoms with van der Waals surface area (Å²) in [4.78, 5) is 55.3. The maximum atomic E-state index is 12.7. The lowest BCUT2D eigenvalue weighted by Gasteiger charge is -2.24. The van der Waals surface area contributed by atoms with Gasteiger partial charge in [-0.2, -0.15) is 12.6 Å². The van der Waals surface area contributed by atoms with Crippen LogP contribution in [0.1, 0.15) is 31.9 Å². The molecular weight excluding hydrogens is 426 g/mol. The number of unbranched alkanes of at least 4 members (excludes halogenated alkanes) is 1. The number of H-pyrrole nitrogens is 1. The first-order chi connectivity index (χ1) is 14.7. The van der Waals surface area contributed by atoms with Crippen molar-refractivity contribution in [3.05, 3.63) is 18.2 Å². The summed E-state index contributed by atoms with van der Waals surface area (Å²) in [6.45, 7) is 1.92. The molecule has 0 bridgehead atoms. The number of nitrogens with zero attached hydrogens (tertiary/aromatic N) is 1. The number of amides is 3. The lowest BCUT2D eigenvalue weighted by atomic mass is 10.1. The topological polar surface area (TPSA) is 205 Å². The van der Waals surface area contributed by atoms with E-state index in [9.17, 15) is 24.3 Å². The van der Waals surface area contributed by atoms with E-state index < -0.39 is 47.9 Å². The van der Waals surface area contributed by atoms with Crippen molar-refractivity contribution in [2.45, 2.75) is 56.8 Å². The van der Waals surface area contributed by atoms with E-state index in [4.69, 9.17) is 11.5 Å². The fourth-order valence-corrected chi connectivity index (χ4v) is 2.88. The molecule has 4 atom stereocenters. The van der Waals surface area contributed by atoms with E-state index in [0.717, 1.165) is 0 Å². The van der Waals surface area contributed by atoms with Crippen LogP contribution in [-0.2, 0) is 25.6 Å². The predicted molar refractivity (Wildman–Crippen MR) is 116 cm³/mol. The van der Waals surface area contributed by atoms with Crippen molar-refractivity contribution in [2.24, 2.45) is 11.5 Å². The van der Waals surface area contributed by atoms with Crippen LogP contribution in [0, 0.1) is 0 Å². The first-order valence-corrected chi connectivity index (χ1v) is 10.5. The highest BCUT2D eigenvalue weighted by molar-refractivity contribution is 7.80. The second-order valence-electron chi connectivity index (χ2n) is 7.06. The number of carboxylic acids is 1. The smallest absolute Gasteiger partial charge is 0.326 e. The lowest BCUT2D eigenvalue weighted by Crippen LogP contribution is -2.57. The largest absolute Gasteiger partial charge is 0.480 e. The van der Waals surface area contributed by atoms with E-state index in [-0.39, 0.29) is 12.2 Å². The van der Waals surface area contributed by atoms with Crippen LogP contribution in [0.2, 0.25) is 0 Å². The Hall–Kier alpha value is -2.64. The molecule has 0 fully saturated rings. The number of rotatable bonds is 14. The van der Waals surface area contributed by atoms with Gasteiger partial charge in [-0.25, -0.2) is 9.78 Å². The molecule has 0 spiro atoms. The monoisotopic (exact) mass is 457 g/mol. The van der Waals surface area contributed by atoms with Crippen molar-refractivity contribution in [2.75, 3.05) is 12.3 Å². The highest BCUT2D eigenvalue weighted by atomic mass is 32.1. The van der Waals surface area contributed by atoms with E-state index in [2.05, 4.69) is 38.5 Å². The third kappa shape index (κ3) is 9.36. The van der Waals surface area contributed by atoms with Crippen LogP contribution < -0.4 is 27.4 Å². The Morgan fingerprint density at radius 1 is 1.10 bits per heavy atom. The van der Waals surface area contributed by atoms with Gasteiger partial charge in [-0.1, -0.05) is 0 Å². The van der Waals surface area contributed by atoms with E-state index in [1.807, 2.05) is 0 Å². The zero-order chi connectivity index (χ0) is 23.4. The summed E-state index contributed by atoms with van der Waals surface area (Å²) in [5, 5.41) is 16.8. The maximum absolute atomic E-state index is 12.7. The van der Waals surface area contributed by atoms with Gasteiger partial charge in [0, 0.05) is 24.1 Å². The number of hydrogen-bond acceptors (Lipinski definition) is 8. The van der Waals surface area contributed by atoms with Gasteiger partial charge in [0.05, 0.1) is 12.4 Å². The number of imidazole rings is 1. The number of nitrogens with two attached hydrogens (primary N) is 2. The molecule has 1 aromatic heterocycles.